The van der Waals surface area contributed by atoms with Gasteiger partial charge in [0.15, 0.2) is 6.10 Å². The molecule has 2 atom stereocenters. The molecule has 1 unspecified atom stereocenters. The minimum atomic E-state index is -4.35. The molecule has 0 aliphatic rings. The summed E-state index contributed by atoms with van der Waals surface area (Å²) in [6.07, 6.45) is 25.6. The number of ether oxygens (including phenoxy) is 2. The summed E-state index contributed by atoms with van der Waals surface area (Å²) in [4.78, 5) is 34.5. The number of unbranched alkanes of at least 4 members (excludes halogenated alkanes) is 20. The van der Waals surface area contributed by atoms with Crippen LogP contribution in [0.4, 0.5) is 0 Å². The van der Waals surface area contributed by atoms with Crippen LogP contribution in [0.15, 0.2) is 0 Å². The summed E-state index contributed by atoms with van der Waals surface area (Å²) in [5.74, 6) is -0.824. The fourth-order valence-electron chi connectivity index (χ4n) is 4.87. The molecule has 0 saturated carbocycles. The van der Waals surface area contributed by atoms with Crippen molar-refractivity contribution in [1.82, 2.24) is 0 Å². The number of carbonyl (C=O) groups excluding carboxylic acids is 2. The van der Waals surface area contributed by atoms with Crippen LogP contribution in [-0.2, 0) is 32.7 Å². The van der Waals surface area contributed by atoms with E-state index in [9.17, 15) is 19.0 Å². The molecule has 10 heteroatoms. The second kappa shape index (κ2) is 31.0. The highest BCUT2D eigenvalue weighted by Gasteiger charge is 2.25. The van der Waals surface area contributed by atoms with Crippen molar-refractivity contribution in [2.24, 2.45) is 5.73 Å². The van der Waals surface area contributed by atoms with E-state index in [0.29, 0.717) is 6.42 Å². The van der Waals surface area contributed by atoms with E-state index in [-0.39, 0.29) is 38.6 Å². The summed E-state index contributed by atoms with van der Waals surface area (Å²) >= 11 is 0. The number of rotatable bonds is 33. The smallest absolute Gasteiger partial charge is 0.462 e. The zero-order chi connectivity index (χ0) is 31.9. The highest BCUT2D eigenvalue weighted by atomic mass is 31.2. The molecule has 0 fully saturated rings. The molecule has 9 nitrogen and oxygen atoms in total. The van der Waals surface area contributed by atoms with Gasteiger partial charge in [-0.05, 0) is 12.8 Å². The van der Waals surface area contributed by atoms with Gasteiger partial charge in [0.2, 0.25) is 0 Å². The van der Waals surface area contributed by atoms with Crippen LogP contribution in [0.25, 0.3) is 0 Å². The minimum Gasteiger partial charge on any atom is -0.462 e. The number of hydrogen-bond donors (Lipinski definition) is 2. The molecule has 0 rings (SSSR count). The maximum Gasteiger partial charge on any atom is 0.472 e. The van der Waals surface area contributed by atoms with Gasteiger partial charge in [-0.3, -0.25) is 18.6 Å². The third kappa shape index (κ3) is 30.8. The summed E-state index contributed by atoms with van der Waals surface area (Å²) in [5.41, 5.74) is 5.31. The van der Waals surface area contributed by atoms with Crippen LogP contribution < -0.4 is 5.73 Å². The molecule has 0 amide bonds. The van der Waals surface area contributed by atoms with E-state index >= 15 is 0 Å². The quantitative estimate of drug-likeness (QED) is 0.0411. The van der Waals surface area contributed by atoms with Gasteiger partial charge < -0.3 is 20.1 Å². The molecular formula is C33H66NO8P. The Kier molecular flexibility index (Phi) is 30.3. The molecule has 0 saturated heterocycles. The zero-order valence-electron chi connectivity index (χ0n) is 27.7. The van der Waals surface area contributed by atoms with E-state index in [0.717, 1.165) is 32.1 Å². The number of hydrogen-bond acceptors (Lipinski definition) is 8. The number of phosphoric ester groups is 1. The molecule has 0 aliphatic heterocycles. The predicted octanol–water partition coefficient (Wildman–Crippen LogP) is 8.94. The second-order valence-electron chi connectivity index (χ2n) is 11.8. The Hall–Kier alpha value is -0.990. The molecule has 0 radical (unpaired) electrons. The minimum absolute atomic E-state index is 0.0575. The molecular weight excluding hydrogens is 569 g/mol. The molecule has 0 aromatic rings. The number of phosphoric acid groups is 1. The Balaban J connectivity index is 4.24. The molecule has 0 bridgehead atoms. The van der Waals surface area contributed by atoms with E-state index in [4.69, 9.17) is 24.3 Å². The summed E-state index contributed by atoms with van der Waals surface area (Å²) in [6.45, 7) is 3.71. The Bertz CT molecular complexity index is 694. The molecule has 0 spiro atoms. The fourth-order valence-corrected chi connectivity index (χ4v) is 5.63. The van der Waals surface area contributed by atoms with E-state index in [2.05, 4.69) is 13.8 Å². The SMILES string of the molecule is CCCCCCCCCCCCCCC(=O)OC[C@H](COP(=O)(O)OCCN)OC(=O)CCCCCCCCCCCC. The number of esters is 2. The molecule has 0 heterocycles. The van der Waals surface area contributed by atoms with E-state index in [1.54, 1.807) is 0 Å². The summed E-state index contributed by atoms with van der Waals surface area (Å²) in [5, 5.41) is 0. The molecule has 0 aromatic carbocycles. The Morgan fingerprint density at radius 2 is 1.00 bits per heavy atom. The van der Waals surface area contributed by atoms with Crippen LogP contribution in [0, 0.1) is 0 Å². The van der Waals surface area contributed by atoms with Gasteiger partial charge in [-0.15, -0.1) is 0 Å². The standard InChI is InChI=1S/C33H66NO8P/c1-3-5-7-9-11-13-15-16-18-19-21-23-25-32(35)39-29-31(30-41-43(37,38)40-28-27-34)42-33(36)26-24-22-20-17-14-12-10-8-6-4-2/h31H,3-30,34H2,1-2H3,(H,37,38)/t31-/m1/s1. The average Bonchev–Trinajstić information content (AvgIpc) is 2.99. The van der Waals surface area contributed by atoms with Crippen LogP contribution in [0.1, 0.15) is 168 Å². The summed E-state index contributed by atoms with van der Waals surface area (Å²) < 4.78 is 32.5. The zero-order valence-corrected chi connectivity index (χ0v) is 28.6. The normalized spacial score (nSPS) is 13.5. The first kappa shape index (κ1) is 42.0. The van der Waals surface area contributed by atoms with Crippen molar-refractivity contribution in [2.45, 2.75) is 174 Å². The first-order valence-corrected chi connectivity index (χ1v) is 19.0. The van der Waals surface area contributed by atoms with Gasteiger partial charge in [0.25, 0.3) is 0 Å². The van der Waals surface area contributed by atoms with E-state index in [1.165, 1.54) is 103 Å². The Morgan fingerprint density at radius 3 is 1.42 bits per heavy atom. The van der Waals surface area contributed by atoms with Crippen molar-refractivity contribution < 1.29 is 37.6 Å². The van der Waals surface area contributed by atoms with Crippen molar-refractivity contribution in [3.05, 3.63) is 0 Å². The highest BCUT2D eigenvalue weighted by Crippen LogP contribution is 2.43. The van der Waals surface area contributed by atoms with Crippen molar-refractivity contribution in [3.63, 3.8) is 0 Å². The largest absolute Gasteiger partial charge is 0.472 e. The van der Waals surface area contributed by atoms with Crippen molar-refractivity contribution in [3.8, 4) is 0 Å². The molecule has 0 aliphatic carbocycles. The van der Waals surface area contributed by atoms with Crippen LogP contribution >= 0.6 is 7.82 Å². The van der Waals surface area contributed by atoms with Crippen LogP contribution in [0.3, 0.4) is 0 Å². The lowest BCUT2D eigenvalue weighted by molar-refractivity contribution is -0.161. The van der Waals surface area contributed by atoms with Crippen LogP contribution in [0.5, 0.6) is 0 Å². The maximum absolute atomic E-state index is 12.4. The Morgan fingerprint density at radius 1 is 0.605 bits per heavy atom. The lowest BCUT2D eigenvalue weighted by Gasteiger charge is -2.19. The van der Waals surface area contributed by atoms with E-state index in [1.807, 2.05) is 0 Å². The van der Waals surface area contributed by atoms with Gasteiger partial charge in [0, 0.05) is 19.4 Å². The van der Waals surface area contributed by atoms with Gasteiger partial charge >= 0.3 is 19.8 Å². The first-order valence-electron chi connectivity index (χ1n) is 17.5. The highest BCUT2D eigenvalue weighted by molar-refractivity contribution is 7.47. The van der Waals surface area contributed by atoms with Crippen molar-refractivity contribution in [2.75, 3.05) is 26.4 Å². The molecule has 43 heavy (non-hydrogen) atoms. The summed E-state index contributed by atoms with van der Waals surface area (Å²) in [7, 11) is -4.35. The monoisotopic (exact) mass is 635 g/mol. The third-order valence-corrected chi connectivity index (χ3v) is 8.48. The van der Waals surface area contributed by atoms with Crippen LogP contribution in [0.2, 0.25) is 0 Å². The topological polar surface area (TPSA) is 134 Å². The van der Waals surface area contributed by atoms with Gasteiger partial charge in [-0.2, -0.15) is 0 Å². The lowest BCUT2D eigenvalue weighted by Crippen LogP contribution is -2.29. The number of nitrogens with two attached hydrogens (primary N) is 1. The summed E-state index contributed by atoms with van der Waals surface area (Å²) in [6, 6.07) is 0. The Labute approximate surface area is 263 Å². The third-order valence-electron chi connectivity index (χ3n) is 7.49. The van der Waals surface area contributed by atoms with Gasteiger partial charge in [0.1, 0.15) is 6.61 Å². The van der Waals surface area contributed by atoms with Gasteiger partial charge in [0.05, 0.1) is 13.2 Å². The van der Waals surface area contributed by atoms with Gasteiger partial charge in [-0.25, -0.2) is 4.57 Å². The number of carbonyl (C=O) groups is 2. The predicted molar refractivity (Wildman–Crippen MR) is 174 cm³/mol. The lowest BCUT2D eigenvalue weighted by atomic mass is 10.0. The van der Waals surface area contributed by atoms with Gasteiger partial charge in [-0.1, -0.05) is 142 Å². The molecule has 256 valence electrons. The van der Waals surface area contributed by atoms with Crippen molar-refractivity contribution >= 4 is 19.8 Å². The second-order valence-corrected chi connectivity index (χ2v) is 13.2. The molecule has 3 N–H and O–H groups in total. The van der Waals surface area contributed by atoms with Crippen LogP contribution in [-0.4, -0.2) is 49.3 Å². The maximum atomic E-state index is 12.4. The fraction of sp³-hybridized carbons (Fsp3) is 0.939. The first-order chi connectivity index (χ1) is 20.8. The molecule has 0 aromatic heterocycles. The van der Waals surface area contributed by atoms with E-state index < -0.39 is 26.5 Å². The average molecular weight is 636 g/mol. The van der Waals surface area contributed by atoms with Crippen molar-refractivity contribution in [1.29, 1.82) is 0 Å².